The maximum atomic E-state index is 10.7. The molecule has 0 saturated carbocycles. The first kappa shape index (κ1) is 10.9. The van der Waals surface area contributed by atoms with Gasteiger partial charge in [-0.2, -0.15) is 0 Å². The minimum atomic E-state index is -0.973. The summed E-state index contributed by atoms with van der Waals surface area (Å²) in [6.45, 7) is 3.95. The highest BCUT2D eigenvalue weighted by molar-refractivity contribution is 6.31. The Hall–Kier alpha value is -1.22. The summed E-state index contributed by atoms with van der Waals surface area (Å²) < 4.78 is 0. The summed E-state index contributed by atoms with van der Waals surface area (Å²) in [6.07, 6.45) is 0. The molecule has 0 radical (unpaired) electrons. The summed E-state index contributed by atoms with van der Waals surface area (Å²) in [5.74, 6) is -0.973. The Balaban J connectivity index is 3.01. The van der Waals surface area contributed by atoms with Gasteiger partial charge in [0.2, 0.25) is 0 Å². The van der Waals surface area contributed by atoms with Gasteiger partial charge in [0.05, 0.1) is 5.56 Å². The lowest BCUT2D eigenvalue weighted by Gasteiger charge is -2.10. The average molecular weight is 214 g/mol. The minimum Gasteiger partial charge on any atom is -0.478 e. The van der Waals surface area contributed by atoms with Crippen molar-refractivity contribution in [3.8, 4) is 0 Å². The molecule has 0 fully saturated rings. The van der Waals surface area contributed by atoms with E-state index in [1.54, 1.807) is 12.1 Å². The molecule has 0 aromatic heterocycles. The van der Waals surface area contributed by atoms with Crippen LogP contribution in [0.15, 0.2) is 18.2 Å². The smallest absolute Gasteiger partial charge is 0.335 e. The van der Waals surface area contributed by atoms with Gasteiger partial charge in [0.25, 0.3) is 0 Å². The summed E-state index contributed by atoms with van der Waals surface area (Å²) in [4.78, 5) is 10.7. The van der Waals surface area contributed by atoms with Crippen LogP contribution < -0.4 is 5.32 Å². The third-order valence-electron chi connectivity index (χ3n) is 1.60. The molecule has 1 aromatic carbocycles. The van der Waals surface area contributed by atoms with Gasteiger partial charge >= 0.3 is 5.97 Å². The van der Waals surface area contributed by atoms with Gasteiger partial charge < -0.3 is 10.4 Å². The Kier molecular flexibility index (Phi) is 3.36. The predicted octanol–water partition coefficient (Wildman–Crippen LogP) is 2.86. The van der Waals surface area contributed by atoms with Crippen LogP contribution in [0.25, 0.3) is 0 Å². The average Bonchev–Trinajstić information content (AvgIpc) is 2.01. The second-order valence-electron chi connectivity index (χ2n) is 3.33. The van der Waals surface area contributed by atoms with Crippen molar-refractivity contribution >= 4 is 23.3 Å². The SMILES string of the molecule is CC(C)Nc1cc(Cl)cc(C(=O)O)c1. The van der Waals surface area contributed by atoms with Gasteiger partial charge in [-0.3, -0.25) is 0 Å². The first-order valence-electron chi connectivity index (χ1n) is 4.29. The van der Waals surface area contributed by atoms with Crippen molar-refractivity contribution < 1.29 is 9.90 Å². The molecular formula is C10H12ClNO2. The van der Waals surface area contributed by atoms with E-state index in [0.29, 0.717) is 5.02 Å². The van der Waals surface area contributed by atoms with E-state index >= 15 is 0 Å². The zero-order valence-electron chi connectivity index (χ0n) is 8.04. The Morgan fingerprint density at radius 3 is 2.57 bits per heavy atom. The molecule has 0 bridgehead atoms. The summed E-state index contributed by atoms with van der Waals surface area (Å²) in [5.41, 5.74) is 0.922. The van der Waals surface area contributed by atoms with E-state index in [0.717, 1.165) is 5.69 Å². The molecule has 1 aromatic rings. The molecule has 0 heterocycles. The molecule has 0 spiro atoms. The van der Waals surface area contributed by atoms with E-state index in [2.05, 4.69) is 5.32 Å². The lowest BCUT2D eigenvalue weighted by Crippen LogP contribution is -2.10. The molecule has 0 saturated heterocycles. The molecule has 0 aliphatic rings. The van der Waals surface area contributed by atoms with Crippen molar-refractivity contribution in [2.24, 2.45) is 0 Å². The molecule has 0 amide bonds. The van der Waals surface area contributed by atoms with E-state index in [4.69, 9.17) is 16.7 Å². The van der Waals surface area contributed by atoms with Gasteiger partial charge in [0.1, 0.15) is 0 Å². The number of halogens is 1. The van der Waals surface area contributed by atoms with Crippen LogP contribution in [0.5, 0.6) is 0 Å². The lowest BCUT2D eigenvalue weighted by atomic mass is 10.2. The number of anilines is 1. The van der Waals surface area contributed by atoms with E-state index in [1.165, 1.54) is 6.07 Å². The van der Waals surface area contributed by atoms with Crippen molar-refractivity contribution in [3.05, 3.63) is 28.8 Å². The molecule has 4 heteroatoms. The molecule has 0 unspecified atom stereocenters. The monoisotopic (exact) mass is 213 g/mol. The minimum absolute atomic E-state index is 0.195. The number of carboxylic acid groups (broad SMARTS) is 1. The largest absolute Gasteiger partial charge is 0.478 e. The van der Waals surface area contributed by atoms with Crippen LogP contribution in [-0.4, -0.2) is 17.1 Å². The van der Waals surface area contributed by atoms with Crippen LogP contribution in [0.3, 0.4) is 0 Å². The highest BCUT2D eigenvalue weighted by atomic mass is 35.5. The molecule has 1 rings (SSSR count). The molecule has 0 aliphatic carbocycles. The highest BCUT2D eigenvalue weighted by Gasteiger charge is 2.06. The lowest BCUT2D eigenvalue weighted by molar-refractivity contribution is 0.0697. The first-order valence-corrected chi connectivity index (χ1v) is 4.67. The van der Waals surface area contributed by atoms with Gasteiger partial charge in [0, 0.05) is 16.8 Å². The third-order valence-corrected chi connectivity index (χ3v) is 1.82. The fraction of sp³-hybridized carbons (Fsp3) is 0.300. The van der Waals surface area contributed by atoms with E-state index in [9.17, 15) is 4.79 Å². The number of nitrogens with one attached hydrogen (secondary N) is 1. The number of benzene rings is 1. The van der Waals surface area contributed by atoms with Gasteiger partial charge in [-0.15, -0.1) is 0 Å². The van der Waals surface area contributed by atoms with Crippen LogP contribution >= 0.6 is 11.6 Å². The zero-order chi connectivity index (χ0) is 10.7. The second-order valence-corrected chi connectivity index (χ2v) is 3.77. The fourth-order valence-corrected chi connectivity index (χ4v) is 1.36. The van der Waals surface area contributed by atoms with Gasteiger partial charge in [-0.1, -0.05) is 11.6 Å². The molecule has 3 nitrogen and oxygen atoms in total. The van der Waals surface area contributed by atoms with E-state index in [1.807, 2.05) is 13.8 Å². The summed E-state index contributed by atoms with van der Waals surface area (Å²) in [7, 11) is 0. The number of carbonyl (C=O) groups is 1. The van der Waals surface area contributed by atoms with Crippen LogP contribution in [0, 0.1) is 0 Å². The summed E-state index contributed by atoms with van der Waals surface area (Å²) in [5, 5.41) is 12.3. The number of hydrogen-bond acceptors (Lipinski definition) is 2. The van der Waals surface area contributed by atoms with Crippen molar-refractivity contribution in [1.82, 2.24) is 0 Å². The van der Waals surface area contributed by atoms with E-state index < -0.39 is 5.97 Å². The topological polar surface area (TPSA) is 49.3 Å². The molecule has 0 atom stereocenters. The third kappa shape index (κ3) is 2.92. The number of aromatic carboxylic acids is 1. The van der Waals surface area contributed by atoms with Crippen LogP contribution in [0.2, 0.25) is 5.02 Å². The molecule has 76 valence electrons. The number of carboxylic acids is 1. The van der Waals surface area contributed by atoms with Crippen LogP contribution in [0.1, 0.15) is 24.2 Å². The number of rotatable bonds is 3. The van der Waals surface area contributed by atoms with Crippen molar-refractivity contribution in [2.75, 3.05) is 5.32 Å². The van der Waals surface area contributed by atoms with Crippen molar-refractivity contribution in [1.29, 1.82) is 0 Å². The van der Waals surface area contributed by atoms with E-state index in [-0.39, 0.29) is 11.6 Å². The second kappa shape index (κ2) is 4.33. The Morgan fingerprint density at radius 2 is 2.07 bits per heavy atom. The summed E-state index contributed by atoms with van der Waals surface area (Å²) in [6, 6.07) is 4.94. The highest BCUT2D eigenvalue weighted by Crippen LogP contribution is 2.19. The normalized spacial score (nSPS) is 10.3. The van der Waals surface area contributed by atoms with Crippen molar-refractivity contribution in [3.63, 3.8) is 0 Å². The molecule has 0 aliphatic heterocycles. The van der Waals surface area contributed by atoms with Crippen LogP contribution in [0.4, 0.5) is 5.69 Å². The zero-order valence-corrected chi connectivity index (χ0v) is 8.80. The first-order chi connectivity index (χ1) is 6.49. The maximum absolute atomic E-state index is 10.7. The fourth-order valence-electron chi connectivity index (χ4n) is 1.13. The summed E-state index contributed by atoms with van der Waals surface area (Å²) >= 11 is 5.77. The Bertz CT molecular complexity index is 350. The Labute approximate surface area is 87.7 Å². The molecular weight excluding hydrogens is 202 g/mol. The number of hydrogen-bond donors (Lipinski definition) is 2. The molecule has 14 heavy (non-hydrogen) atoms. The predicted molar refractivity (Wildman–Crippen MR) is 57.2 cm³/mol. The quantitative estimate of drug-likeness (QED) is 0.812. The van der Waals surface area contributed by atoms with Gasteiger partial charge in [0.15, 0.2) is 0 Å². The van der Waals surface area contributed by atoms with Crippen LogP contribution in [-0.2, 0) is 0 Å². The van der Waals surface area contributed by atoms with Crippen molar-refractivity contribution in [2.45, 2.75) is 19.9 Å². The Morgan fingerprint density at radius 1 is 1.43 bits per heavy atom. The maximum Gasteiger partial charge on any atom is 0.335 e. The van der Waals surface area contributed by atoms with Gasteiger partial charge in [-0.05, 0) is 32.0 Å². The molecule has 2 N–H and O–H groups in total. The standard InChI is InChI=1S/C10H12ClNO2/c1-6(2)12-9-4-7(10(13)14)3-8(11)5-9/h3-6,12H,1-2H3,(H,13,14). The van der Waals surface area contributed by atoms with Gasteiger partial charge in [-0.25, -0.2) is 4.79 Å².